The van der Waals surface area contributed by atoms with E-state index in [4.69, 9.17) is 16.3 Å². The zero-order chi connectivity index (χ0) is 14.7. The SMILES string of the molecule is C[C@H](O)c1ccc(Oc2ccc(Cl)cc2[N+](=O)[O-])nc1. The van der Waals surface area contributed by atoms with E-state index in [1.165, 1.54) is 30.5 Å². The van der Waals surface area contributed by atoms with Gasteiger partial charge in [-0.15, -0.1) is 0 Å². The van der Waals surface area contributed by atoms with Crippen LogP contribution >= 0.6 is 11.6 Å². The molecule has 0 aliphatic rings. The summed E-state index contributed by atoms with van der Waals surface area (Å²) in [6, 6.07) is 7.27. The van der Waals surface area contributed by atoms with Gasteiger partial charge in [0.1, 0.15) is 0 Å². The van der Waals surface area contributed by atoms with Gasteiger partial charge in [-0.3, -0.25) is 10.1 Å². The van der Waals surface area contributed by atoms with Crippen LogP contribution < -0.4 is 4.74 Å². The molecular weight excluding hydrogens is 284 g/mol. The van der Waals surface area contributed by atoms with Gasteiger partial charge in [0.15, 0.2) is 0 Å². The number of aliphatic hydroxyl groups is 1. The summed E-state index contributed by atoms with van der Waals surface area (Å²) in [7, 11) is 0. The lowest BCUT2D eigenvalue weighted by Crippen LogP contribution is -1.96. The van der Waals surface area contributed by atoms with Crippen LogP contribution in [-0.4, -0.2) is 15.0 Å². The van der Waals surface area contributed by atoms with Crippen LogP contribution in [0.2, 0.25) is 5.02 Å². The summed E-state index contributed by atoms with van der Waals surface area (Å²) in [4.78, 5) is 14.3. The van der Waals surface area contributed by atoms with Crippen molar-refractivity contribution in [3.05, 3.63) is 57.2 Å². The Bertz CT molecular complexity index is 629. The van der Waals surface area contributed by atoms with E-state index in [0.717, 1.165) is 0 Å². The van der Waals surface area contributed by atoms with E-state index >= 15 is 0 Å². The van der Waals surface area contributed by atoms with Gasteiger partial charge in [0.2, 0.25) is 11.6 Å². The van der Waals surface area contributed by atoms with Crippen LogP contribution in [0, 0.1) is 10.1 Å². The molecule has 0 saturated carbocycles. The number of ether oxygens (including phenoxy) is 1. The van der Waals surface area contributed by atoms with Crippen molar-refractivity contribution in [1.29, 1.82) is 0 Å². The molecule has 1 aromatic carbocycles. The molecule has 1 aromatic heterocycles. The number of aromatic nitrogens is 1. The Kier molecular flexibility index (Phi) is 4.16. The topological polar surface area (TPSA) is 85.5 Å². The van der Waals surface area contributed by atoms with Gasteiger partial charge in [-0.05, 0) is 30.7 Å². The van der Waals surface area contributed by atoms with Crippen molar-refractivity contribution >= 4 is 17.3 Å². The maximum Gasteiger partial charge on any atom is 0.313 e. The molecule has 0 saturated heterocycles. The lowest BCUT2D eigenvalue weighted by atomic mass is 10.2. The summed E-state index contributed by atoms with van der Waals surface area (Å²) in [5.41, 5.74) is 0.391. The molecule has 0 fully saturated rings. The van der Waals surface area contributed by atoms with Crippen molar-refractivity contribution in [1.82, 2.24) is 4.98 Å². The fourth-order valence-corrected chi connectivity index (χ4v) is 1.70. The first kappa shape index (κ1) is 14.2. The zero-order valence-electron chi connectivity index (χ0n) is 10.5. The molecule has 1 N–H and O–H groups in total. The standard InChI is InChI=1S/C13H11ClN2O4/c1-8(17)9-2-5-13(15-7-9)20-12-4-3-10(14)6-11(12)16(18)19/h2-8,17H,1H3/t8-/m0/s1. The molecule has 0 radical (unpaired) electrons. The summed E-state index contributed by atoms with van der Waals surface area (Å²) in [6.45, 7) is 1.61. The lowest BCUT2D eigenvalue weighted by Gasteiger charge is -2.07. The Balaban J connectivity index is 2.28. The third-order valence-electron chi connectivity index (χ3n) is 2.57. The number of hydrogen-bond donors (Lipinski definition) is 1. The molecule has 2 rings (SSSR count). The number of hydrogen-bond acceptors (Lipinski definition) is 5. The number of halogens is 1. The third-order valence-corrected chi connectivity index (χ3v) is 2.81. The second kappa shape index (κ2) is 5.85. The quantitative estimate of drug-likeness (QED) is 0.689. The molecule has 0 aliphatic heterocycles. The van der Waals surface area contributed by atoms with Gasteiger partial charge in [-0.1, -0.05) is 11.6 Å². The van der Waals surface area contributed by atoms with E-state index in [9.17, 15) is 15.2 Å². The van der Waals surface area contributed by atoms with Crippen molar-refractivity contribution in [2.75, 3.05) is 0 Å². The Morgan fingerprint density at radius 2 is 2.15 bits per heavy atom. The van der Waals surface area contributed by atoms with Crippen LogP contribution in [0.15, 0.2) is 36.5 Å². The van der Waals surface area contributed by atoms with Crippen LogP contribution in [0.1, 0.15) is 18.6 Å². The molecule has 20 heavy (non-hydrogen) atoms. The molecule has 1 atom stereocenters. The Morgan fingerprint density at radius 3 is 2.70 bits per heavy atom. The van der Waals surface area contributed by atoms with Gasteiger partial charge in [-0.2, -0.15) is 0 Å². The number of aliphatic hydroxyl groups excluding tert-OH is 1. The number of pyridine rings is 1. The predicted molar refractivity (Wildman–Crippen MR) is 73.1 cm³/mol. The van der Waals surface area contributed by atoms with Gasteiger partial charge in [-0.25, -0.2) is 4.98 Å². The molecule has 7 heteroatoms. The van der Waals surface area contributed by atoms with Crippen molar-refractivity contribution in [3.63, 3.8) is 0 Å². The molecule has 104 valence electrons. The molecule has 0 amide bonds. The summed E-state index contributed by atoms with van der Waals surface area (Å²) in [5.74, 6) is 0.247. The average Bonchev–Trinajstić information content (AvgIpc) is 2.41. The van der Waals surface area contributed by atoms with E-state index in [0.29, 0.717) is 5.56 Å². The number of benzene rings is 1. The zero-order valence-corrected chi connectivity index (χ0v) is 11.2. The number of nitro groups is 1. The second-order valence-corrected chi connectivity index (χ2v) is 4.51. The van der Waals surface area contributed by atoms with Crippen LogP contribution in [0.3, 0.4) is 0 Å². The van der Waals surface area contributed by atoms with E-state index in [2.05, 4.69) is 4.98 Å². The van der Waals surface area contributed by atoms with Crippen molar-refractivity contribution in [2.24, 2.45) is 0 Å². The van der Waals surface area contributed by atoms with E-state index in [-0.39, 0.29) is 22.3 Å². The van der Waals surface area contributed by atoms with Crippen LogP contribution in [-0.2, 0) is 0 Å². The molecule has 0 aliphatic carbocycles. The summed E-state index contributed by atoms with van der Waals surface area (Å²) < 4.78 is 5.37. The lowest BCUT2D eigenvalue weighted by molar-refractivity contribution is -0.385. The minimum atomic E-state index is -0.638. The van der Waals surface area contributed by atoms with Crippen molar-refractivity contribution in [2.45, 2.75) is 13.0 Å². The average molecular weight is 295 g/mol. The molecule has 0 bridgehead atoms. The fraction of sp³-hybridized carbons (Fsp3) is 0.154. The fourth-order valence-electron chi connectivity index (χ4n) is 1.53. The van der Waals surface area contributed by atoms with Crippen molar-refractivity contribution in [3.8, 4) is 11.6 Å². The third kappa shape index (κ3) is 3.23. The first-order chi connectivity index (χ1) is 9.47. The van der Waals surface area contributed by atoms with Gasteiger partial charge in [0.25, 0.3) is 0 Å². The highest BCUT2D eigenvalue weighted by Gasteiger charge is 2.17. The summed E-state index contributed by atoms with van der Waals surface area (Å²) in [6.07, 6.45) is 0.809. The number of nitro benzene ring substituents is 1. The maximum atomic E-state index is 10.9. The Morgan fingerprint density at radius 1 is 1.40 bits per heavy atom. The molecule has 0 spiro atoms. The van der Waals surface area contributed by atoms with E-state index in [1.807, 2.05) is 0 Å². The number of rotatable bonds is 4. The van der Waals surface area contributed by atoms with Gasteiger partial charge in [0.05, 0.1) is 11.0 Å². The van der Waals surface area contributed by atoms with Gasteiger partial charge < -0.3 is 9.84 Å². The first-order valence-electron chi connectivity index (χ1n) is 5.73. The largest absolute Gasteiger partial charge is 0.432 e. The maximum absolute atomic E-state index is 10.9. The van der Waals surface area contributed by atoms with Crippen LogP contribution in [0.4, 0.5) is 5.69 Å². The summed E-state index contributed by atoms with van der Waals surface area (Å²) >= 11 is 5.72. The predicted octanol–water partition coefficient (Wildman–Crippen LogP) is 3.49. The molecule has 2 aromatic rings. The Labute approximate surface area is 119 Å². The second-order valence-electron chi connectivity index (χ2n) is 4.08. The van der Waals surface area contributed by atoms with Crippen LogP contribution in [0.5, 0.6) is 11.6 Å². The molecule has 6 nitrogen and oxygen atoms in total. The Hall–Kier alpha value is -2.18. The van der Waals surface area contributed by atoms with E-state index in [1.54, 1.807) is 13.0 Å². The highest BCUT2D eigenvalue weighted by Crippen LogP contribution is 2.32. The monoisotopic (exact) mass is 294 g/mol. The van der Waals surface area contributed by atoms with Crippen molar-refractivity contribution < 1.29 is 14.8 Å². The molecular formula is C13H11ClN2O4. The normalized spacial score (nSPS) is 11.9. The van der Waals surface area contributed by atoms with Gasteiger partial charge in [0, 0.05) is 23.4 Å². The summed E-state index contributed by atoms with van der Waals surface area (Å²) in [5, 5.41) is 20.5. The molecule has 1 heterocycles. The number of nitrogens with zero attached hydrogens (tertiary/aromatic N) is 2. The van der Waals surface area contributed by atoms with Gasteiger partial charge >= 0.3 is 5.69 Å². The highest BCUT2D eigenvalue weighted by atomic mass is 35.5. The smallest absolute Gasteiger partial charge is 0.313 e. The minimum absolute atomic E-state index is 0.0525. The van der Waals surface area contributed by atoms with Crippen LogP contribution in [0.25, 0.3) is 0 Å². The van der Waals surface area contributed by atoms with E-state index < -0.39 is 11.0 Å². The minimum Gasteiger partial charge on any atom is -0.432 e. The molecule has 0 unspecified atom stereocenters. The highest BCUT2D eigenvalue weighted by molar-refractivity contribution is 6.30. The first-order valence-corrected chi connectivity index (χ1v) is 6.11.